The third-order valence-electron chi connectivity index (χ3n) is 4.15. The van der Waals surface area contributed by atoms with Gasteiger partial charge in [-0.25, -0.2) is 9.78 Å². The number of anilines is 1. The van der Waals surface area contributed by atoms with Crippen molar-refractivity contribution in [2.24, 2.45) is 0 Å². The number of nitrogens with zero attached hydrogens (tertiary/aromatic N) is 3. The number of benzene rings is 1. The van der Waals surface area contributed by atoms with E-state index >= 15 is 0 Å². The van der Waals surface area contributed by atoms with Gasteiger partial charge >= 0.3 is 5.97 Å². The summed E-state index contributed by atoms with van der Waals surface area (Å²) in [5.74, 6) is 1.23. The topological polar surface area (TPSA) is 118 Å². The minimum Gasteiger partial charge on any atom is -0.493 e. The summed E-state index contributed by atoms with van der Waals surface area (Å²) in [5, 5.41) is 7.70. The van der Waals surface area contributed by atoms with Gasteiger partial charge in [-0.1, -0.05) is 5.16 Å². The van der Waals surface area contributed by atoms with Crippen molar-refractivity contribution >= 4 is 22.9 Å². The van der Waals surface area contributed by atoms with Crippen LogP contribution in [0.15, 0.2) is 16.7 Å². The number of nitrogens with one attached hydrogen (secondary N) is 1. The molecule has 0 fully saturated rings. The van der Waals surface area contributed by atoms with Crippen LogP contribution in [0.3, 0.4) is 0 Å². The van der Waals surface area contributed by atoms with E-state index in [-0.39, 0.29) is 18.1 Å². The van der Waals surface area contributed by atoms with E-state index in [4.69, 9.17) is 23.5 Å². The molecule has 0 saturated carbocycles. The number of ether oxygens (including phenoxy) is 4. The van der Waals surface area contributed by atoms with Gasteiger partial charge in [-0.05, 0) is 31.5 Å². The Bertz CT molecular complexity index is 1010. The smallest absolute Gasteiger partial charge is 0.376 e. The Balaban J connectivity index is 1.96. The zero-order valence-corrected chi connectivity index (χ0v) is 16.9. The Morgan fingerprint density at radius 1 is 1.10 bits per heavy atom. The molecule has 0 bridgehead atoms. The van der Waals surface area contributed by atoms with E-state index in [9.17, 15) is 4.79 Å². The monoisotopic (exact) mass is 402 g/mol. The molecule has 2 heterocycles. The third kappa shape index (κ3) is 4.00. The second-order valence-electron chi connectivity index (χ2n) is 5.95. The molecule has 0 aliphatic rings. The highest BCUT2D eigenvalue weighted by atomic mass is 16.5. The zero-order chi connectivity index (χ0) is 21.0. The van der Waals surface area contributed by atoms with Crippen molar-refractivity contribution < 1.29 is 28.3 Å². The summed E-state index contributed by atoms with van der Waals surface area (Å²) in [6.45, 7) is 4.04. The lowest BCUT2D eigenvalue weighted by Crippen LogP contribution is -2.12. The van der Waals surface area contributed by atoms with Gasteiger partial charge in [0.25, 0.3) is 5.71 Å². The quantitative estimate of drug-likeness (QED) is 0.563. The van der Waals surface area contributed by atoms with Gasteiger partial charge in [-0.15, -0.1) is 0 Å². The van der Waals surface area contributed by atoms with Crippen LogP contribution in [-0.4, -0.2) is 49.0 Å². The molecule has 0 spiro atoms. The normalized spacial score (nSPS) is 10.7. The molecular weight excluding hydrogens is 380 g/mol. The number of aromatic nitrogens is 3. The first kappa shape index (κ1) is 20.2. The molecule has 154 valence electrons. The average Bonchev–Trinajstić information content (AvgIpc) is 3.12. The highest BCUT2D eigenvalue weighted by Gasteiger charge is 2.20. The van der Waals surface area contributed by atoms with E-state index in [1.807, 2.05) is 12.1 Å². The molecular formula is C19H22N4O6. The minimum absolute atomic E-state index is 0.108. The Kier molecular flexibility index (Phi) is 6.01. The Labute approximate surface area is 167 Å². The van der Waals surface area contributed by atoms with E-state index in [1.54, 1.807) is 35.2 Å². The van der Waals surface area contributed by atoms with Crippen LogP contribution in [0.4, 0.5) is 5.82 Å². The van der Waals surface area contributed by atoms with Gasteiger partial charge in [0.1, 0.15) is 11.2 Å². The number of carbonyl (C=O) groups excluding carboxylic acids is 1. The van der Waals surface area contributed by atoms with Crippen molar-refractivity contribution in [3.8, 4) is 17.2 Å². The summed E-state index contributed by atoms with van der Waals surface area (Å²) in [4.78, 5) is 20.5. The van der Waals surface area contributed by atoms with Crippen LogP contribution in [-0.2, 0) is 11.3 Å². The number of fused-ring (bicyclic) bond motifs is 1. The summed E-state index contributed by atoms with van der Waals surface area (Å²) in [6, 6.07) is 3.64. The SMILES string of the molecule is CCOC(=O)c1nc(NCc2cc(OC)c(OC)c(OC)c2)c2c(C)noc2n1. The predicted octanol–water partition coefficient (Wildman–Crippen LogP) is 2.74. The van der Waals surface area contributed by atoms with Crippen molar-refractivity contribution in [1.29, 1.82) is 0 Å². The fourth-order valence-corrected chi connectivity index (χ4v) is 2.83. The second-order valence-corrected chi connectivity index (χ2v) is 5.95. The fraction of sp³-hybridized carbons (Fsp3) is 0.368. The van der Waals surface area contributed by atoms with E-state index in [2.05, 4.69) is 20.4 Å². The summed E-state index contributed by atoms with van der Waals surface area (Å²) < 4.78 is 26.3. The first-order valence-corrected chi connectivity index (χ1v) is 8.86. The highest BCUT2D eigenvalue weighted by Crippen LogP contribution is 2.38. The average molecular weight is 402 g/mol. The van der Waals surface area contributed by atoms with Crippen LogP contribution in [0.1, 0.15) is 28.8 Å². The largest absolute Gasteiger partial charge is 0.493 e. The number of hydrogen-bond acceptors (Lipinski definition) is 10. The van der Waals surface area contributed by atoms with Crippen molar-refractivity contribution in [3.05, 3.63) is 29.2 Å². The molecule has 0 radical (unpaired) electrons. The number of rotatable bonds is 8. The maximum Gasteiger partial charge on any atom is 0.376 e. The fourth-order valence-electron chi connectivity index (χ4n) is 2.83. The number of aryl methyl sites for hydroxylation is 1. The van der Waals surface area contributed by atoms with Crippen LogP contribution in [0.2, 0.25) is 0 Å². The highest BCUT2D eigenvalue weighted by molar-refractivity contribution is 5.93. The molecule has 0 aliphatic carbocycles. The van der Waals surface area contributed by atoms with Crippen LogP contribution in [0, 0.1) is 6.92 Å². The van der Waals surface area contributed by atoms with Crippen LogP contribution in [0.25, 0.3) is 11.1 Å². The summed E-state index contributed by atoms with van der Waals surface area (Å²) in [5.41, 5.74) is 1.65. The maximum atomic E-state index is 12.1. The predicted molar refractivity (Wildman–Crippen MR) is 104 cm³/mol. The first-order valence-electron chi connectivity index (χ1n) is 8.86. The molecule has 0 aliphatic heterocycles. The zero-order valence-electron chi connectivity index (χ0n) is 16.9. The van der Waals surface area contributed by atoms with Gasteiger partial charge in [0.2, 0.25) is 11.6 Å². The number of hydrogen-bond donors (Lipinski definition) is 1. The summed E-state index contributed by atoms with van der Waals surface area (Å²) in [6.07, 6.45) is 0. The molecule has 1 aromatic carbocycles. The molecule has 1 N–H and O–H groups in total. The van der Waals surface area contributed by atoms with Crippen LogP contribution < -0.4 is 19.5 Å². The van der Waals surface area contributed by atoms with Gasteiger partial charge in [-0.2, -0.15) is 4.98 Å². The molecule has 2 aromatic heterocycles. The molecule has 0 unspecified atom stereocenters. The molecule has 10 nitrogen and oxygen atoms in total. The molecule has 29 heavy (non-hydrogen) atoms. The maximum absolute atomic E-state index is 12.1. The summed E-state index contributed by atoms with van der Waals surface area (Å²) >= 11 is 0. The lowest BCUT2D eigenvalue weighted by Gasteiger charge is -2.15. The molecule has 3 rings (SSSR count). The minimum atomic E-state index is -0.640. The number of esters is 1. The Morgan fingerprint density at radius 3 is 2.38 bits per heavy atom. The molecule has 0 atom stereocenters. The standard InChI is InChI=1S/C19H22N4O6/c1-6-28-19(24)17-21-16(14-10(2)23-29-18(14)22-17)20-9-11-7-12(25-3)15(27-5)13(8-11)26-4/h7-8H,6,9H2,1-5H3,(H,20,21,22). The lowest BCUT2D eigenvalue weighted by molar-refractivity contribution is 0.0512. The van der Waals surface area contributed by atoms with Crippen molar-refractivity contribution in [3.63, 3.8) is 0 Å². The molecule has 0 saturated heterocycles. The first-order chi connectivity index (χ1) is 14.0. The Hall–Kier alpha value is -3.56. The van der Waals surface area contributed by atoms with Gasteiger partial charge in [0.05, 0.1) is 33.6 Å². The van der Waals surface area contributed by atoms with E-state index in [0.29, 0.717) is 40.7 Å². The van der Waals surface area contributed by atoms with Crippen molar-refractivity contribution in [2.45, 2.75) is 20.4 Å². The van der Waals surface area contributed by atoms with Crippen molar-refractivity contribution in [1.82, 2.24) is 15.1 Å². The molecule has 0 amide bonds. The Morgan fingerprint density at radius 2 is 1.79 bits per heavy atom. The molecule has 3 aromatic rings. The van der Waals surface area contributed by atoms with Gasteiger partial charge in [0.15, 0.2) is 11.5 Å². The van der Waals surface area contributed by atoms with Crippen LogP contribution in [0.5, 0.6) is 17.2 Å². The van der Waals surface area contributed by atoms with E-state index in [0.717, 1.165) is 5.56 Å². The van der Waals surface area contributed by atoms with Crippen LogP contribution >= 0.6 is 0 Å². The molecule has 10 heteroatoms. The number of methoxy groups -OCH3 is 3. The van der Waals surface area contributed by atoms with Gasteiger partial charge in [-0.3, -0.25) is 0 Å². The second kappa shape index (κ2) is 8.63. The van der Waals surface area contributed by atoms with E-state index in [1.165, 1.54) is 0 Å². The number of carbonyl (C=O) groups is 1. The van der Waals surface area contributed by atoms with Gasteiger partial charge < -0.3 is 28.8 Å². The van der Waals surface area contributed by atoms with E-state index < -0.39 is 5.97 Å². The van der Waals surface area contributed by atoms with Gasteiger partial charge in [0, 0.05) is 6.54 Å². The van der Waals surface area contributed by atoms with Crippen molar-refractivity contribution in [2.75, 3.05) is 33.3 Å². The third-order valence-corrected chi connectivity index (χ3v) is 4.15. The lowest BCUT2D eigenvalue weighted by atomic mass is 10.1. The summed E-state index contributed by atoms with van der Waals surface area (Å²) in [7, 11) is 4.64.